The largest absolute Gasteiger partial charge is 0.494 e. The van der Waals surface area contributed by atoms with Crippen LogP contribution in [-0.4, -0.2) is 49.4 Å². The minimum Gasteiger partial charge on any atom is -0.494 e. The Labute approximate surface area is 225 Å². The molecule has 3 aromatic carbocycles. The van der Waals surface area contributed by atoms with Crippen molar-refractivity contribution in [2.24, 2.45) is 0 Å². The molecule has 1 N–H and O–H groups in total. The van der Waals surface area contributed by atoms with Crippen molar-refractivity contribution in [1.82, 2.24) is 5.32 Å². The molecule has 8 nitrogen and oxygen atoms in total. The molecule has 1 aliphatic rings. The van der Waals surface area contributed by atoms with Gasteiger partial charge in [0.1, 0.15) is 5.75 Å². The third-order valence-corrected chi connectivity index (χ3v) is 6.26. The highest BCUT2D eigenvalue weighted by molar-refractivity contribution is 6.30. The number of nitrogens with one attached hydrogen (secondary N) is 1. The first-order valence-electron chi connectivity index (χ1n) is 12.2. The van der Waals surface area contributed by atoms with Gasteiger partial charge < -0.3 is 14.8 Å². The summed E-state index contributed by atoms with van der Waals surface area (Å²) < 4.78 is 10.5. The summed E-state index contributed by atoms with van der Waals surface area (Å²) in [6.45, 7) is 2.48. The van der Waals surface area contributed by atoms with E-state index in [-0.39, 0.29) is 29.6 Å². The third-order valence-electron chi connectivity index (χ3n) is 6.02. The van der Waals surface area contributed by atoms with Crippen molar-refractivity contribution < 1.29 is 28.7 Å². The van der Waals surface area contributed by atoms with Crippen molar-refractivity contribution >= 4 is 40.9 Å². The molecule has 1 fully saturated rings. The summed E-state index contributed by atoms with van der Waals surface area (Å²) in [5, 5.41) is 3.79. The van der Waals surface area contributed by atoms with Crippen molar-refractivity contribution in [2.45, 2.75) is 25.8 Å². The van der Waals surface area contributed by atoms with Gasteiger partial charge >= 0.3 is 5.97 Å². The second kappa shape index (κ2) is 12.5. The van der Waals surface area contributed by atoms with E-state index in [0.717, 1.165) is 10.5 Å². The summed E-state index contributed by atoms with van der Waals surface area (Å²) >= 11 is 6.01. The van der Waals surface area contributed by atoms with Gasteiger partial charge in [0.15, 0.2) is 12.4 Å². The number of ketones is 1. The van der Waals surface area contributed by atoms with Crippen molar-refractivity contribution in [3.05, 3.63) is 94.5 Å². The van der Waals surface area contributed by atoms with E-state index in [4.69, 9.17) is 21.1 Å². The molecule has 0 saturated carbocycles. The molecule has 196 valence electrons. The number of ether oxygens (including phenoxy) is 2. The van der Waals surface area contributed by atoms with Crippen LogP contribution in [0.25, 0.3) is 0 Å². The predicted octanol–water partition coefficient (Wildman–Crippen LogP) is 4.24. The van der Waals surface area contributed by atoms with Crippen molar-refractivity contribution in [2.75, 3.05) is 24.7 Å². The Morgan fingerprint density at radius 3 is 2.39 bits per heavy atom. The highest BCUT2D eigenvalue weighted by atomic mass is 35.5. The molecule has 0 bridgehead atoms. The van der Waals surface area contributed by atoms with Crippen LogP contribution in [-0.2, 0) is 20.7 Å². The maximum atomic E-state index is 12.9. The summed E-state index contributed by atoms with van der Waals surface area (Å²) in [4.78, 5) is 51.3. The molecule has 0 aromatic heterocycles. The van der Waals surface area contributed by atoms with Crippen LogP contribution in [0.3, 0.4) is 0 Å². The number of anilines is 1. The van der Waals surface area contributed by atoms with Gasteiger partial charge in [0, 0.05) is 10.6 Å². The lowest BCUT2D eigenvalue weighted by molar-refractivity contribution is -0.121. The Kier molecular flexibility index (Phi) is 8.89. The highest BCUT2D eigenvalue weighted by Gasteiger charge is 2.39. The fourth-order valence-electron chi connectivity index (χ4n) is 4.09. The molecule has 3 aromatic rings. The van der Waals surface area contributed by atoms with Crippen molar-refractivity contribution in [3.63, 3.8) is 0 Å². The van der Waals surface area contributed by atoms with E-state index in [1.165, 1.54) is 24.3 Å². The summed E-state index contributed by atoms with van der Waals surface area (Å²) in [6, 6.07) is 19.4. The number of esters is 1. The molecular formula is C29H27ClN2O6. The minimum atomic E-state index is -0.685. The second-order valence-electron chi connectivity index (χ2n) is 8.66. The second-order valence-corrected chi connectivity index (χ2v) is 9.10. The first kappa shape index (κ1) is 27.0. The number of halogens is 1. The average Bonchev–Trinajstić information content (AvgIpc) is 3.20. The van der Waals surface area contributed by atoms with Gasteiger partial charge in [-0.1, -0.05) is 23.7 Å². The summed E-state index contributed by atoms with van der Waals surface area (Å²) in [5.41, 5.74) is 1.99. The Morgan fingerprint density at radius 2 is 1.71 bits per heavy atom. The number of rotatable bonds is 11. The molecule has 1 saturated heterocycles. The van der Waals surface area contributed by atoms with Gasteiger partial charge in [0.05, 0.1) is 30.3 Å². The van der Waals surface area contributed by atoms with Gasteiger partial charge in [-0.05, 0) is 86.1 Å². The zero-order chi connectivity index (χ0) is 27.1. The van der Waals surface area contributed by atoms with Crippen molar-refractivity contribution in [1.29, 1.82) is 0 Å². The Hall–Kier alpha value is -4.01. The SMILES string of the molecule is CCOc1ccc(C(=O)COC(=O)c2ccc(N3C(=O)CC(NCCc4cccc(Cl)c4)C3=O)cc2)cc1. The zero-order valence-corrected chi connectivity index (χ0v) is 21.6. The van der Waals surface area contributed by atoms with Crippen molar-refractivity contribution in [3.8, 4) is 5.75 Å². The summed E-state index contributed by atoms with van der Waals surface area (Å²) in [7, 11) is 0. The molecule has 38 heavy (non-hydrogen) atoms. The van der Waals surface area contributed by atoms with E-state index in [2.05, 4.69) is 5.32 Å². The minimum absolute atomic E-state index is 0.0475. The van der Waals surface area contributed by atoms with Crippen LogP contribution in [0.15, 0.2) is 72.8 Å². The normalized spacial score (nSPS) is 15.0. The standard InChI is InChI=1S/C29H27ClN2O6/c1-2-37-24-12-8-20(9-13-24)26(33)18-38-29(36)21-6-10-23(11-7-21)32-27(34)17-25(28(32)35)31-15-14-19-4-3-5-22(30)16-19/h3-13,16,25,31H,2,14-15,17-18H2,1H3. The van der Waals surface area contributed by atoms with Crippen LogP contribution in [0.1, 0.15) is 39.6 Å². The van der Waals surface area contributed by atoms with Crippen LogP contribution in [0.2, 0.25) is 5.02 Å². The summed E-state index contributed by atoms with van der Waals surface area (Å²) in [6.07, 6.45) is 0.711. The van der Waals surface area contributed by atoms with Gasteiger partial charge in [0.25, 0.3) is 5.91 Å². The lowest BCUT2D eigenvalue weighted by Gasteiger charge is -2.16. The molecule has 1 aliphatic heterocycles. The molecule has 0 radical (unpaired) electrons. The van der Waals surface area contributed by atoms with E-state index < -0.39 is 18.6 Å². The van der Waals surface area contributed by atoms with Crippen LogP contribution < -0.4 is 15.0 Å². The van der Waals surface area contributed by atoms with E-state index >= 15 is 0 Å². The number of Topliss-reactive ketones (excluding diaryl/α,β-unsaturated/α-hetero) is 1. The molecular weight excluding hydrogens is 508 g/mol. The number of carbonyl (C=O) groups is 4. The van der Waals surface area contributed by atoms with Gasteiger partial charge in [-0.2, -0.15) is 0 Å². The van der Waals surface area contributed by atoms with E-state index in [9.17, 15) is 19.2 Å². The number of carbonyl (C=O) groups excluding carboxylic acids is 4. The quantitative estimate of drug-likeness (QED) is 0.223. The average molecular weight is 535 g/mol. The molecule has 1 unspecified atom stereocenters. The maximum Gasteiger partial charge on any atom is 0.338 e. The first-order valence-corrected chi connectivity index (χ1v) is 12.6. The fourth-order valence-corrected chi connectivity index (χ4v) is 4.31. The molecule has 1 heterocycles. The zero-order valence-electron chi connectivity index (χ0n) is 20.8. The molecule has 1 atom stereocenters. The Morgan fingerprint density at radius 1 is 1.00 bits per heavy atom. The number of benzene rings is 3. The fraction of sp³-hybridized carbons (Fsp3) is 0.241. The van der Waals surface area contributed by atoms with Crippen LogP contribution in [0.5, 0.6) is 5.75 Å². The van der Waals surface area contributed by atoms with E-state index in [0.29, 0.717) is 41.6 Å². The topological polar surface area (TPSA) is 102 Å². The number of hydrogen-bond acceptors (Lipinski definition) is 7. The van der Waals surface area contributed by atoms with E-state index in [1.807, 2.05) is 25.1 Å². The molecule has 9 heteroatoms. The number of nitrogens with zero attached hydrogens (tertiary/aromatic N) is 1. The van der Waals surface area contributed by atoms with Gasteiger partial charge in [-0.3, -0.25) is 14.4 Å². The molecule has 0 spiro atoms. The third kappa shape index (κ3) is 6.65. The Bertz CT molecular complexity index is 1320. The van der Waals surface area contributed by atoms with Gasteiger partial charge in [-0.15, -0.1) is 0 Å². The number of amides is 2. The van der Waals surface area contributed by atoms with E-state index in [1.54, 1.807) is 30.3 Å². The van der Waals surface area contributed by atoms with Gasteiger partial charge in [0.2, 0.25) is 5.91 Å². The molecule has 2 amide bonds. The molecule has 0 aliphatic carbocycles. The van der Waals surface area contributed by atoms with Crippen LogP contribution in [0, 0.1) is 0 Å². The molecule has 4 rings (SSSR count). The first-order chi connectivity index (χ1) is 18.4. The lowest BCUT2D eigenvalue weighted by atomic mass is 10.1. The van der Waals surface area contributed by atoms with Crippen LogP contribution in [0.4, 0.5) is 5.69 Å². The smallest absolute Gasteiger partial charge is 0.338 e. The highest BCUT2D eigenvalue weighted by Crippen LogP contribution is 2.24. The number of imide groups is 1. The monoisotopic (exact) mass is 534 g/mol. The predicted molar refractivity (Wildman–Crippen MR) is 143 cm³/mol. The van der Waals surface area contributed by atoms with Crippen LogP contribution >= 0.6 is 11.6 Å². The lowest BCUT2D eigenvalue weighted by Crippen LogP contribution is -2.39. The number of hydrogen-bond donors (Lipinski definition) is 1. The summed E-state index contributed by atoms with van der Waals surface area (Å²) in [5.74, 6) is -1.06. The Balaban J connectivity index is 1.29. The maximum absolute atomic E-state index is 12.9. The van der Waals surface area contributed by atoms with Gasteiger partial charge in [-0.25, -0.2) is 9.69 Å².